The summed E-state index contributed by atoms with van der Waals surface area (Å²) in [5.41, 5.74) is 1.64. The fraction of sp³-hybridized carbons (Fsp3) is 0.316. The average molecular weight is 347 g/mol. The van der Waals surface area contributed by atoms with Crippen molar-refractivity contribution in [1.29, 1.82) is 0 Å². The first-order valence-corrected chi connectivity index (χ1v) is 8.37. The summed E-state index contributed by atoms with van der Waals surface area (Å²) in [6, 6.07) is 14.5. The van der Waals surface area contributed by atoms with E-state index in [4.69, 9.17) is 11.6 Å². The third-order valence-electron chi connectivity index (χ3n) is 4.62. The lowest BCUT2D eigenvalue weighted by atomic mass is 9.96. The van der Waals surface area contributed by atoms with Crippen LogP contribution in [0.3, 0.4) is 0 Å². The minimum Gasteiger partial charge on any atom is -0.337 e. The fourth-order valence-electron chi connectivity index (χ4n) is 2.88. The summed E-state index contributed by atoms with van der Waals surface area (Å²) in [7, 11) is 1.64. The summed E-state index contributed by atoms with van der Waals surface area (Å²) in [4.78, 5) is 13.8. The Balaban J connectivity index is 1.59. The van der Waals surface area contributed by atoms with Gasteiger partial charge in [0.05, 0.1) is 6.54 Å². The summed E-state index contributed by atoms with van der Waals surface area (Å²) in [6.07, 6.45) is 2.14. The van der Waals surface area contributed by atoms with Crippen LogP contribution in [0.25, 0.3) is 0 Å². The number of carbonyl (C=O) groups is 1. The number of amides is 2. The molecule has 1 aliphatic rings. The Labute approximate surface area is 146 Å². The molecule has 1 N–H and O–H groups in total. The third-order valence-corrected chi connectivity index (χ3v) is 4.98. The Kier molecular flexibility index (Phi) is 4.76. The standard InChI is InChI=1S/C19H20ClFN2O/c1-23(12-15-16(20)8-5-9-17(15)21)18(24)22-13-19(10-11-19)14-6-3-2-4-7-14/h2-9H,10-13H2,1H3,(H,22,24). The van der Waals surface area contributed by atoms with E-state index in [1.54, 1.807) is 19.2 Å². The molecule has 0 saturated heterocycles. The summed E-state index contributed by atoms with van der Waals surface area (Å²) in [5.74, 6) is -0.398. The second kappa shape index (κ2) is 6.81. The number of nitrogens with one attached hydrogen (secondary N) is 1. The van der Waals surface area contributed by atoms with Gasteiger partial charge in [0.2, 0.25) is 0 Å². The molecule has 2 amide bonds. The Hall–Kier alpha value is -2.07. The van der Waals surface area contributed by atoms with Crippen LogP contribution in [0.15, 0.2) is 48.5 Å². The van der Waals surface area contributed by atoms with Crippen molar-refractivity contribution < 1.29 is 9.18 Å². The molecule has 5 heteroatoms. The lowest BCUT2D eigenvalue weighted by molar-refractivity contribution is 0.205. The molecule has 3 rings (SSSR count). The molecular weight excluding hydrogens is 327 g/mol. The van der Waals surface area contributed by atoms with Crippen molar-refractivity contribution in [2.75, 3.05) is 13.6 Å². The number of urea groups is 1. The van der Waals surface area contributed by atoms with E-state index in [-0.39, 0.29) is 18.0 Å². The van der Waals surface area contributed by atoms with Crippen LogP contribution >= 0.6 is 11.6 Å². The van der Waals surface area contributed by atoms with Crippen LogP contribution < -0.4 is 5.32 Å². The SMILES string of the molecule is CN(Cc1c(F)cccc1Cl)C(=O)NCC1(c2ccccc2)CC1. The van der Waals surface area contributed by atoms with Crippen molar-refractivity contribution in [1.82, 2.24) is 10.2 Å². The van der Waals surface area contributed by atoms with Crippen LogP contribution in [-0.4, -0.2) is 24.5 Å². The number of hydrogen-bond donors (Lipinski definition) is 1. The summed E-state index contributed by atoms with van der Waals surface area (Å²) in [5, 5.41) is 3.30. The number of hydrogen-bond acceptors (Lipinski definition) is 1. The molecule has 0 unspecified atom stereocenters. The van der Waals surface area contributed by atoms with Gasteiger partial charge in [0.15, 0.2) is 0 Å². The second-order valence-corrected chi connectivity index (χ2v) is 6.77. The van der Waals surface area contributed by atoms with Gasteiger partial charge < -0.3 is 10.2 Å². The Morgan fingerprint density at radius 2 is 1.92 bits per heavy atom. The molecule has 3 nitrogen and oxygen atoms in total. The zero-order chi connectivity index (χ0) is 17.2. The lowest BCUT2D eigenvalue weighted by Gasteiger charge is -2.22. The molecule has 0 atom stereocenters. The van der Waals surface area contributed by atoms with Crippen molar-refractivity contribution in [3.63, 3.8) is 0 Å². The highest BCUT2D eigenvalue weighted by Crippen LogP contribution is 2.47. The molecule has 2 aromatic carbocycles. The van der Waals surface area contributed by atoms with Gasteiger partial charge in [-0.2, -0.15) is 0 Å². The highest BCUT2D eigenvalue weighted by atomic mass is 35.5. The normalized spacial score (nSPS) is 15.0. The summed E-state index contributed by atoms with van der Waals surface area (Å²) >= 11 is 6.02. The first-order valence-electron chi connectivity index (χ1n) is 7.99. The van der Waals surface area contributed by atoms with Crippen molar-refractivity contribution in [2.45, 2.75) is 24.8 Å². The molecule has 0 aromatic heterocycles. The molecular formula is C19H20ClFN2O. The zero-order valence-electron chi connectivity index (χ0n) is 13.6. The maximum Gasteiger partial charge on any atom is 0.317 e. The van der Waals surface area contributed by atoms with Gasteiger partial charge in [-0.05, 0) is 30.5 Å². The minimum atomic E-state index is -0.398. The summed E-state index contributed by atoms with van der Waals surface area (Å²) in [6.45, 7) is 0.723. The third kappa shape index (κ3) is 3.54. The fourth-order valence-corrected chi connectivity index (χ4v) is 3.11. The van der Waals surface area contributed by atoms with Crippen LogP contribution in [0.2, 0.25) is 5.02 Å². The van der Waals surface area contributed by atoms with Crippen molar-refractivity contribution in [3.8, 4) is 0 Å². The molecule has 1 saturated carbocycles. The number of carbonyl (C=O) groups excluding carboxylic acids is 1. The van der Waals surface area contributed by atoms with Crippen LogP contribution in [0, 0.1) is 5.82 Å². The molecule has 1 aliphatic carbocycles. The van der Waals surface area contributed by atoms with Gasteiger partial charge >= 0.3 is 6.03 Å². The van der Waals surface area contributed by atoms with Crippen LogP contribution in [0.5, 0.6) is 0 Å². The Morgan fingerprint density at radius 3 is 2.54 bits per heavy atom. The quantitative estimate of drug-likeness (QED) is 0.857. The number of nitrogens with zero attached hydrogens (tertiary/aromatic N) is 1. The largest absolute Gasteiger partial charge is 0.337 e. The monoisotopic (exact) mass is 346 g/mol. The number of halogens is 2. The van der Waals surface area contributed by atoms with E-state index in [0.717, 1.165) is 12.8 Å². The van der Waals surface area contributed by atoms with Crippen LogP contribution in [-0.2, 0) is 12.0 Å². The highest BCUT2D eigenvalue weighted by molar-refractivity contribution is 6.31. The number of benzene rings is 2. The molecule has 0 radical (unpaired) electrons. The molecule has 0 bridgehead atoms. The van der Waals surface area contributed by atoms with Crippen molar-refractivity contribution in [3.05, 3.63) is 70.5 Å². The highest BCUT2D eigenvalue weighted by Gasteiger charge is 2.44. The van der Waals surface area contributed by atoms with Gasteiger partial charge in [-0.15, -0.1) is 0 Å². The lowest BCUT2D eigenvalue weighted by Crippen LogP contribution is -2.40. The zero-order valence-corrected chi connectivity index (χ0v) is 14.3. The van der Waals surface area contributed by atoms with Gasteiger partial charge in [-0.1, -0.05) is 48.0 Å². The van der Waals surface area contributed by atoms with Crippen LogP contribution in [0.1, 0.15) is 24.0 Å². The number of rotatable bonds is 5. The van der Waals surface area contributed by atoms with Gasteiger partial charge in [0.25, 0.3) is 0 Å². The second-order valence-electron chi connectivity index (χ2n) is 6.36. The molecule has 2 aromatic rings. The minimum absolute atomic E-state index is 0.0490. The Bertz CT molecular complexity index is 711. The van der Waals surface area contributed by atoms with E-state index in [9.17, 15) is 9.18 Å². The van der Waals surface area contributed by atoms with Crippen molar-refractivity contribution in [2.24, 2.45) is 0 Å². The van der Waals surface area contributed by atoms with E-state index < -0.39 is 5.82 Å². The van der Waals surface area contributed by atoms with E-state index in [1.807, 2.05) is 18.2 Å². The smallest absolute Gasteiger partial charge is 0.317 e. The molecule has 0 aliphatic heterocycles. The van der Waals surface area contributed by atoms with E-state index in [0.29, 0.717) is 17.1 Å². The van der Waals surface area contributed by atoms with Gasteiger partial charge in [-0.25, -0.2) is 9.18 Å². The first-order chi connectivity index (χ1) is 11.5. The molecule has 0 heterocycles. The molecule has 24 heavy (non-hydrogen) atoms. The van der Waals surface area contributed by atoms with Crippen molar-refractivity contribution >= 4 is 17.6 Å². The topological polar surface area (TPSA) is 32.3 Å². The van der Waals surface area contributed by atoms with Gasteiger partial charge in [0.1, 0.15) is 5.82 Å². The first kappa shape index (κ1) is 16.8. The Morgan fingerprint density at radius 1 is 1.21 bits per heavy atom. The predicted molar refractivity (Wildman–Crippen MR) is 93.6 cm³/mol. The summed E-state index contributed by atoms with van der Waals surface area (Å²) < 4.78 is 13.8. The van der Waals surface area contributed by atoms with E-state index in [1.165, 1.54) is 16.5 Å². The maximum absolute atomic E-state index is 13.8. The maximum atomic E-state index is 13.8. The van der Waals surface area contributed by atoms with Gasteiger partial charge in [0, 0.05) is 29.6 Å². The average Bonchev–Trinajstić information content (AvgIpc) is 3.38. The van der Waals surface area contributed by atoms with E-state index in [2.05, 4.69) is 17.4 Å². The van der Waals surface area contributed by atoms with E-state index >= 15 is 0 Å². The molecule has 0 spiro atoms. The van der Waals surface area contributed by atoms with Crippen LogP contribution in [0.4, 0.5) is 9.18 Å². The van der Waals surface area contributed by atoms with Gasteiger partial charge in [-0.3, -0.25) is 0 Å². The molecule has 126 valence electrons. The molecule has 1 fully saturated rings. The predicted octanol–water partition coefficient (Wildman–Crippen LogP) is 4.35.